The first-order valence-corrected chi connectivity index (χ1v) is 13.5. The Balaban J connectivity index is 1.59. The van der Waals surface area contributed by atoms with Crippen LogP contribution < -0.4 is 5.73 Å². The van der Waals surface area contributed by atoms with Gasteiger partial charge < -0.3 is 5.73 Å². The molecule has 2 aromatic rings. The molecule has 2 aliphatic rings. The number of alkyl halides is 6. The number of nitrogens with zero attached hydrogens (tertiary/aromatic N) is 2. The van der Waals surface area contributed by atoms with Crippen molar-refractivity contribution >= 4 is 11.7 Å². The van der Waals surface area contributed by atoms with Gasteiger partial charge in [-0.1, -0.05) is 30.3 Å². The van der Waals surface area contributed by atoms with E-state index in [0.29, 0.717) is 31.3 Å². The SMILES string of the molecule is NC(=O)CC(CCc1cc(C(F)(F)F)cc(C(F)(F)F)c1)C(=O)C(c1ccccc1)N1CCC(N2CCCC2)C1. The summed E-state index contributed by atoms with van der Waals surface area (Å²) >= 11 is 0. The van der Waals surface area contributed by atoms with E-state index in [1.165, 1.54) is 0 Å². The van der Waals surface area contributed by atoms with E-state index in [2.05, 4.69) is 9.80 Å². The van der Waals surface area contributed by atoms with Crippen molar-refractivity contribution in [1.29, 1.82) is 0 Å². The smallest absolute Gasteiger partial charge is 0.370 e. The zero-order valence-electron chi connectivity index (χ0n) is 22.0. The van der Waals surface area contributed by atoms with E-state index in [1.807, 2.05) is 18.2 Å². The van der Waals surface area contributed by atoms with Gasteiger partial charge in [-0.3, -0.25) is 19.4 Å². The quantitative estimate of drug-likeness (QED) is 0.377. The van der Waals surface area contributed by atoms with Crippen molar-refractivity contribution in [3.63, 3.8) is 0 Å². The highest BCUT2D eigenvalue weighted by atomic mass is 19.4. The highest BCUT2D eigenvalue weighted by molar-refractivity contribution is 5.91. The van der Waals surface area contributed by atoms with Crippen LogP contribution in [0.25, 0.3) is 0 Å². The molecule has 5 nitrogen and oxygen atoms in total. The first kappa shape index (κ1) is 30.0. The maximum Gasteiger partial charge on any atom is 0.416 e. The maximum atomic E-state index is 14.0. The molecule has 2 aromatic carbocycles. The molecule has 11 heteroatoms. The lowest BCUT2D eigenvalue weighted by atomic mass is 9.85. The summed E-state index contributed by atoms with van der Waals surface area (Å²) in [7, 11) is 0. The van der Waals surface area contributed by atoms with Crippen LogP contribution in [-0.4, -0.2) is 53.7 Å². The second kappa shape index (κ2) is 12.3. The Kier molecular flexibility index (Phi) is 9.24. The van der Waals surface area contributed by atoms with Gasteiger partial charge >= 0.3 is 12.4 Å². The lowest BCUT2D eigenvalue weighted by molar-refractivity contribution is -0.143. The standard InChI is InChI=1S/C29H33F6N3O2/c30-28(31,32)22-14-19(15-23(17-22)29(33,34)35)8-9-21(16-25(36)39)27(40)26(20-6-2-1-3-7-20)38-13-10-24(18-38)37-11-4-5-12-37/h1-3,6-7,14-15,17,21,24,26H,4-5,8-13,16,18H2,(H2,36,39). The van der Waals surface area contributed by atoms with Crippen LogP contribution in [0.4, 0.5) is 26.3 Å². The predicted molar refractivity (Wildman–Crippen MR) is 137 cm³/mol. The molecule has 2 heterocycles. The van der Waals surface area contributed by atoms with E-state index < -0.39 is 41.3 Å². The van der Waals surface area contributed by atoms with Crippen molar-refractivity contribution < 1.29 is 35.9 Å². The molecule has 0 spiro atoms. The topological polar surface area (TPSA) is 66.6 Å². The maximum absolute atomic E-state index is 14.0. The Morgan fingerprint density at radius 3 is 2.05 bits per heavy atom. The van der Waals surface area contributed by atoms with Gasteiger partial charge in [-0.25, -0.2) is 0 Å². The molecule has 2 fully saturated rings. The average Bonchev–Trinajstić information content (AvgIpc) is 3.58. The summed E-state index contributed by atoms with van der Waals surface area (Å²) in [5, 5.41) is 0. The van der Waals surface area contributed by atoms with Crippen LogP contribution in [0.15, 0.2) is 48.5 Å². The normalized spacial score (nSPS) is 20.5. The molecule has 3 atom stereocenters. The van der Waals surface area contributed by atoms with Gasteiger partial charge in [-0.15, -0.1) is 0 Å². The van der Waals surface area contributed by atoms with Crippen LogP contribution in [0.1, 0.15) is 60.4 Å². The Bertz CT molecular complexity index is 1150. The summed E-state index contributed by atoms with van der Waals surface area (Å²) < 4.78 is 80.1. The van der Waals surface area contributed by atoms with Gasteiger partial charge in [-0.2, -0.15) is 26.3 Å². The molecule has 40 heavy (non-hydrogen) atoms. The van der Waals surface area contributed by atoms with Crippen molar-refractivity contribution in [2.75, 3.05) is 26.2 Å². The fourth-order valence-corrected chi connectivity index (χ4v) is 5.91. The highest BCUT2D eigenvalue weighted by Crippen LogP contribution is 2.37. The number of carbonyl (C=O) groups excluding carboxylic acids is 2. The first-order valence-electron chi connectivity index (χ1n) is 13.5. The molecule has 0 aliphatic carbocycles. The third-order valence-electron chi connectivity index (χ3n) is 7.88. The monoisotopic (exact) mass is 569 g/mol. The van der Waals surface area contributed by atoms with Gasteiger partial charge in [0.2, 0.25) is 5.91 Å². The molecule has 0 aromatic heterocycles. The van der Waals surface area contributed by atoms with Crippen molar-refractivity contribution in [2.45, 2.75) is 63.0 Å². The molecule has 0 radical (unpaired) electrons. The van der Waals surface area contributed by atoms with Gasteiger partial charge in [-0.05, 0) is 74.5 Å². The Morgan fingerprint density at radius 2 is 1.50 bits per heavy atom. The lowest BCUT2D eigenvalue weighted by Crippen LogP contribution is -2.40. The van der Waals surface area contributed by atoms with E-state index in [1.54, 1.807) is 12.1 Å². The zero-order valence-corrected chi connectivity index (χ0v) is 22.0. The number of Topliss-reactive ketones (excluding diaryl/α,β-unsaturated/α-hetero) is 1. The number of ketones is 1. The number of hydrogen-bond acceptors (Lipinski definition) is 4. The number of nitrogens with two attached hydrogens (primary N) is 1. The molecule has 218 valence electrons. The minimum atomic E-state index is -4.97. The highest BCUT2D eigenvalue weighted by Gasteiger charge is 2.40. The summed E-state index contributed by atoms with van der Waals surface area (Å²) in [6.45, 7) is 3.31. The zero-order chi connectivity index (χ0) is 29.1. The fourth-order valence-electron chi connectivity index (χ4n) is 5.91. The van der Waals surface area contributed by atoms with E-state index in [9.17, 15) is 35.9 Å². The molecule has 4 rings (SSSR count). The average molecular weight is 570 g/mol. The van der Waals surface area contributed by atoms with Crippen molar-refractivity contribution in [2.24, 2.45) is 11.7 Å². The first-order chi connectivity index (χ1) is 18.8. The van der Waals surface area contributed by atoms with Gasteiger partial charge in [0, 0.05) is 31.5 Å². The summed E-state index contributed by atoms with van der Waals surface area (Å²) in [6.07, 6.45) is -7.54. The third kappa shape index (κ3) is 7.42. The van der Waals surface area contributed by atoms with Gasteiger partial charge in [0.05, 0.1) is 17.2 Å². The Hall–Kier alpha value is -2.92. The predicted octanol–water partition coefficient (Wildman–Crippen LogP) is 5.63. The van der Waals surface area contributed by atoms with Crippen LogP contribution >= 0.6 is 0 Å². The second-order valence-electron chi connectivity index (χ2n) is 10.7. The molecule has 3 unspecified atom stereocenters. The minimum Gasteiger partial charge on any atom is -0.370 e. The lowest BCUT2D eigenvalue weighted by Gasteiger charge is -2.31. The van der Waals surface area contributed by atoms with Crippen LogP contribution in [0.2, 0.25) is 0 Å². The molecule has 1 amide bonds. The number of rotatable bonds is 10. The minimum absolute atomic E-state index is 0.0745. The van der Waals surface area contributed by atoms with E-state index in [0.717, 1.165) is 37.9 Å². The molecule has 0 saturated carbocycles. The van der Waals surface area contributed by atoms with Gasteiger partial charge in [0.1, 0.15) is 0 Å². The molecular formula is C29H33F6N3O2. The number of halogens is 6. The Morgan fingerprint density at radius 1 is 0.900 bits per heavy atom. The molecule has 2 N–H and O–H groups in total. The van der Waals surface area contributed by atoms with Crippen molar-refractivity contribution in [3.05, 3.63) is 70.8 Å². The summed E-state index contributed by atoms with van der Waals surface area (Å²) in [5.74, 6) is -2.05. The number of benzene rings is 2. The van der Waals surface area contributed by atoms with Crippen LogP contribution in [0, 0.1) is 5.92 Å². The van der Waals surface area contributed by atoms with Crippen molar-refractivity contribution in [1.82, 2.24) is 9.80 Å². The molecular weight excluding hydrogens is 536 g/mol. The third-order valence-corrected chi connectivity index (χ3v) is 7.88. The molecule has 2 aliphatic heterocycles. The van der Waals surface area contributed by atoms with Crippen LogP contribution in [0.5, 0.6) is 0 Å². The van der Waals surface area contributed by atoms with Crippen molar-refractivity contribution in [3.8, 4) is 0 Å². The number of aryl methyl sites for hydroxylation is 1. The van der Waals surface area contributed by atoms with Crippen LogP contribution in [-0.2, 0) is 28.4 Å². The van der Waals surface area contributed by atoms with E-state index in [4.69, 9.17) is 5.73 Å². The summed E-state index contributed by atoms with van der Waals surface area (Å²) in [6, 6.07) is 10.0. The second-order valence-corrected chi connectivity index (χ2v) is 10.7. The number of carbonyl (C=O) groups is 2. The number of hydrogen-bond donors (Lipinski definition) is 1. The summed E-state index contributed by atoms with van der Waals surface area (Å²) in [4.78, 5) is 30.5. The number of likely N-dealkylation sites (tertiary alicyclic amines) is 2. The number of primary amides is 1. The van der Waals surface area contributed by atoms with Gasteiger partial charge in [0.15, 0.2) is 5.78 Å². The van der Waals surface area contributed by atoms with E-state index >= 15 is 0 Å². The Labute approximate surface area is 229 Å². The van der Waals surface area contributed by atoms with Crippen LogP contribution in [0.3, 0.4) is 0 Å². The molecule has 0 bridgehead atoms. The fraction of sp³-hybridized carbons (Fsp3) is 0.517. The van der Waals surface area contributed by atoms with Gasteiger partial charge in [0.25, 0.3) is 0 Å². The largest absolute Gasteiger partial charge is 0.416 e. The molecule has 2 saturated heterocycles. The number of amides is 1. The summed E-state index contributed by atoms with van der Waals surface area (Å²) in [5.41, 5.74) is 3.13. The van der Waals surface area contributed by atoms with E-state index in [-0.39, 0.29) is 36.7 Å².